The van der Waals surface area contributed by atoms with Crippen LogP contribution >= 0.6 is 0 Å². The van der Waals surface area contributed by atoms with Gasteiger partial charge in [-0.2, -0.15) is 9.40 Å². The summed E-state index contributed by atoms with van der Waals surface area (Å²) in [7, 11) is -3.91. The first-order valence-corrected chi connectivity index (χ1v) is 13.9. The monoisotopic (exact) mass is 532 g/mol. The van der Waals surface area contributed by atoms with Crippen LogP contribution in [0.2, 0.25) is 0 Å². The van der Waals surface area contributed by atoms with Crippen molar-refractivity contribution in [1.29, 1.82) is 0 Å². The van der Waals surface area contributed by atoms with Gasteiger partial charge >= 0.3 is 0 Å². The van der Waals surface area contributed by atoms with E-state index in [4.69, 9.17) is 6.57 Å². The molecule has 2 aromatic heterocycles. The Labute approximate surface area is 222 Å². The summed E-state index contributed by atoms with van der Waals surface area (Å²) in [6.07, 6.45) is 3.21. The van der Waals surface area contributed by atoms with Crippen LogP contribution in [0.3, 0.4) is 0 Å². The van der Waals surface area contributed by atoms with Crippen LogP contribution in [-0.2, 0) is 10.0 Å². The lowest BCUT2D eigenvalue weighted by Gasteiger charge is -2.42. The summed E-state index contributed by atoms with van der Waals surface area (Å²) in [5, 5.41) is 5.46. The number of benzene rings is 2. The van der Waals surface area contributed by atoms with Crippen LogP contribution in [0.4, 0.5) is 10.2 Å². The second-order valence-corrected chi connectivity index (χ2v) is 11.9. The lowest BCUT2D eigenvalue weighted by molar-refractivity contribution is 0.105. The van der Waals surface area contributed by atoms with Gasteiger partial charge < -0.3 is 4.85 Å². The predicted octanol–water partition coefficient (Wildman–Crippen LogP) is 5.12. The Hall–Kier alpha value is -3.65. The van der Waals surface area contributed by atoms with Gasteiger partial charge in [-0.3, -0.25) is 4.90 Å². The third kappa shape index (κ3) is 4.80. The first-order valence-electron chi connectivity index (χ1n) is 12.5. The maximum absolute atomic E-state index is 13.6. The summed E-state index contributed by atoms with van der Waals surface area (Å²) in [4.78, 5) is 9.59. The third-order valence-corrected chi connectivity index (χ3v) is 8.80. The largest absolute Gasteiger partial charge is 0.360 e. The highest BCUT2D eigenvalue weighted by atomic mass is 32.2. The van der Waals surface area contributed by atoms with Crippen molar-refractivity contribution in [3.8, 4) is 5.69 Å². The molecule has 2 aromatic carbocycles. The summed E-state index contributed by atoms with van der Waals surface area (Å²) in [6, 6.07) is 13.2. The van der Waals surface area contributed by atoms with Gasteiger partial charge in [0.1, 0.15) is 16.9 Å². The standard InChI is InChI=1S/C28H29FN6O2S/c1-19(2)17-33-12-13-34(38(36,37)27-6-5-11-31-28(27)30-4)18-26(33)24-15-21-16-32-35(25(21)14-20(24)3)23-9-7-22(29)8-10-23/h5-11,14-16,19,26H,12-13,17-18H2,1-3H3/t26-/m0/s1. The molecule has 196 valence electrons. The van der Waals surface area contributed by atoms with Crippen molar-refractivity contribution < 1.29 is 12.8 Å². The Kier molecular flexibility index (Phi) is 7.01. The lowest BCUT2D eigenvalue weighted by Crippen LogP contribution is -2.51. The van der Waals surface area contributed by atoms with Gasteiger partial charge in [0.15, 0.2) is 0 Å². The molecule has 1 aliphatic rings. The highest BCUT2D eigenvalue weighted by Gasteiger charge is 2.37. The average molecular weight is 533 g/mol. The molecular weight excluding hydrogens is 503 g/mol. The van der Waals surface area contributed by atoms with Crippen molar-refractivity contribution in [1.82, 2.24) is 24.0 Å². The molecule has 0 N–H and O–H groups in total. The van der Waals surface area contributed by atoms with Crippen molar-refractivity contribution >= 4 is 26.7 Å². The summed E-state index contributed by atoms with van der Waals surface area (Å²) in [5.41, 5.74) is 3.71. The molecule has 1 atom stereocenters. The minimum absolute atomic E-state index is 0.0567. The number of pyridine rings is 1. The molecule has 0 radical (unpaired) electrons. The lowest BCUT2D eigenvalue weighted by atomic mass is 9.96. The van der Waals surface area contributed by atoms with Gasteiger partial charge in [0, 0.05) is 37.6 Å². The maximum atomic E-state index is 13.6. The van der Waals surface area contributed by atoms with E-state index in [0.717, 1.165) is 34.3 Å². The van der Waals surface area contributed by atoms with E-state index in [-0.39, 0.29) is 29.1 Å². The Balaban J connectivity index is 1.54. The van der Waals surface area contributed by atoms with Crippen LogP contribution in [0.5, 0.6) is 0 Å². The highest BCUT2D eigenvalue weighted by molar-refractivity contribution is 7.89. The van der Waals surface area contributed by atoms with Gasteiger partial charge in [0.05, 0.1) is 17.4 Å². The van der Waals surface area contributed by atoms with E-state index in [0.29, 0.717) is 19.0 Å². The number of sulfonamides is 1. The molecule has 5 rings (SSSR count). The Bertz CT molecular complexity index is 1630. The molecule has 8 nitrogen and oxygen atoms in total. The molecule has 0 spiro atoms. The Morgan fingerprint density at radius 1 is 1.16 bits per heavy atom. The van der Waals surface area contributed by atoms with E-state index in [9.17, 15) is 12.8 Å². The molecule has 38 heavy (non-hydrogen) atoms. The molecule has 0 amide bonds. The quantitative estimate of drug-likeness (QED) is 0.322. The summed E-state index contributed by atoms with van der Waals surface area (Å²) in [5.74, 6) is -0.0158. The molecule has 1 fully saturated rings. The molecule has 0 unspecified atom stereocenters. The summed E-state index contributed by atoms with van der Waals surface area (Å²) in [6.45, 7) is 15.7. The SMILES string of the molecule is [C-]#[N+]c1ncccc1S(=O)(=O)N1CCN(CC(C)C)[C@H](c2cc3cnn(-c4ccc(F)cc4)c3cc2C)C1. The van der Waals surface area contributed by atoms with Gasteiger partial charge in [0.2, 0.25) is 10.0 Å². The number of aromatic nitrogens is 3. The van der Waals surface area contributed by atoms with Gasteiger partial charge in [-0.25, -0.2) is 17.5 Å². The molecule has 1 aliphatic heterocycles. The third-order valence-electron chi connectivity index (χ3n) is 6.91. The number of rotatable bonds is 6. The smallest absolute Gasteiger partial charge is 0.289 e. The molecule has 1 saturated heterocycles. The van der Waals surface area contributed by atoms with E-state index in [1.54, 1.807) is 29.1 Å². The first kappa shape index (κ1) is 26.0. The number of piperazine rings is 1. The zero-order valence-electron chi connectivity index (χ0n) is 21.5. The molecular formula is C28H29FN6O2S. The zero-order chi connectivity index (χ0) is 27.0. The summed E-state index contributed by atoms with van der Waals surface area (Å²) < 4.78 is 44.0. The fraction of sp³-hybridized carbons (Fsp3) is 0.321. The van der Waals surface area contributed by atoms with E-state index in [1.807, 2.05) is 6.92 Å². The van der Waals surface area contributed by atoms with Gasteiger partial charge in [0.25, 0.3) is 5.82 Å². The molecule has 0 aliphatic carbocycles. The number of hydrogen-bond acceptors (Lipinski definition) is 5. The van der Waals surface area contributed by atoms with Crippen LogP contribution in [0.15, 0.2) is 65.8 Å². The second-order valence-electron chi connectivity index (χ2n) is 10.0. The van der Waals surface area contributed by atoms with Crippen LogP contribution < -0.4 is 0 Å². The minimum atomic E-state index is -3.91. The first-order chi connectivity index (χ1) is 18.2. The fourth-order valence-corrected chi connectivity index (χ4v) is 6.66. The Morgan fingerprint density at radius 2 is 1.92 bits per heavy atom. The van der Waals surface area contributed by atoms with E-state index >= 15 is 0 Å². The Morgan fingerprint density at radius 3 is 2.63 bits per heavy atom. The second kappa shape index (κ2) is 10.3. The highest BCUT2D eigenvalue weighted by Crippen LogP contribution is 2.35. The molecule has 3 heterocycles. The van der Waals surface area contributed by atoms with E-state index in [1.165, 1.54) is 28.7 Å². The van der Waals surface area contributed by atoms with Crippen molar-refractivity contribution in [2.75, 3.05) is 26.2 Å². The van der Waals surface area contributed by atoms with Crippen molar-refractivity contribution in [3.05, 3.63) is 89.3 Å². The normalized spacial score (nSPS) is 17.2. The zero-order valence-corrected chi connectivity index (χ0v) is 22.4. The van der Waals surface area contributed by atoms with E-state index < -0.39 is 10.0 Å². The fourth-order valence-electron chi connectivity index (χ4n) is 5.15. The molecule has 0 saturated carbocycles. The van der Waals surface area contributed by atoms with Crippen LogP contribution in [-0.4, -0.2) is 58.6 Å². The summed E-state index contributed by atoms with van der Waals surface area (Å²) >= 11 is 0. The molecule has 10 heteroatoms. The van der Waals surface area contributed by atoms with Crippen LogP contribution in [0.25, 0.3) is 21.4 Å². The average Bonchev–Trinajstić information content (AvgIpc) is 3.31. The van der Waals surface area contributed by atoms with Crippen LogP contribution in [0, 0.1) is 25.2 Å². The van der Waals surface area contributed by atoms with Gasteiger partial charge in [-0.1, -0.05) is 20.4 Å². The molecule has 0 bridgehead atoms. The maximum Gasteiger partial charge on any atom is 0.289 e. The molecule has 4 aromatic rings. The van der Waals surface area contributed by atoms with Crippen LogP contribution in [0.1, 0.15) is 31.0 Å². The predicted molar refractivity (Wildman–Crippen MR) is 144 cm³/mol. The number of nitrogens with zero attached hydrogens (tertiary/aromatic N) is 6. The van der Waals surface area contributed by atoms with Crippen molar-refractivity contribution in [2.24, 2.45) is 5.92 Å². The van der Waals surface area contributed by atoms with E-state index in [2.05, 4.69) is 45.8 Å². The number of halogens is 1. The number of aryl methyl sites for hydroxylation is 1. The minimum Gasteiger partial charge on any atom is -0.360 e. The number of fused-ring (bicyclic) bond motifs is 1. The topological polar surface area (TPSA) is 75.7 Å². The van der Waals surface area contributed by atoms with Crippen molar-refractivity contribution in [3.63, 3.8) is 0 Å². The van der Waals surface area contributed by atoms with Crippen molar-refractivity contribution in [2.45, 2.75) is 31.7 Å². The van der Waals surface area contributed by atoms with Gasteiger partial charge in [-0.05, 0) is 72.5 Å². The number of hydrogen-bond donors (Lipinski definition) is 0. The van der Waals surface area contributed by atoms with Gasteiger partial charge in [-0.15, -0.1) is 4.98 Å².